The number of nitriles is 1. The summed E-state index contributed by atoms with van der Waals surface area (Å²) in [6, 6.07) is 4.15. The summed E-state index contributed by atoms with van der Waals surface area (Å²) < 4.78 is 28.3. The molecule has 0 heterocycles. The Morgan fingerprint density at radius 3 is 2.62 bits per heavy atom. The van der Waals surface area contributed by atoms with E-state index in [9.17, 15) is 13.6 Å². The molecule has 0 fully saturated rings. The number of carbonyl (C=O) groups is 1. The second-order valence-corrected chi connectivity index (χ2v) is 3.25. The van der Waals surface area contributed by atoms with E-state index in [0.717, 1.165) is 0 Å². The van der Waals surface area contributed by atoms with Gasteiger partial charge in [-0.3, -0.25) is 4.79 Å². The molecule has 0 amide bonds. The molecule has 16 heavy (non-hydrogen) atoms. The molecule has 0 saturated carbocycles. The Morgan fingerprint density at radius 2 is 2.19 bits per heavy atom. The number of ketones is 1. The van der Waals surface area contributed by atoms with Crippen LogP contribution in [0, 0.1) is 11.3 Å². The van der Waals surface area contributed by atoms with Gasteiger partial charge in [0.25, 0.3) is 0 Å². The van der Waals surface area contributed by atoms with Gasteiger partial charge in [-0.05, 0) is 19.1 Å². The minimum atomic E-state index is -3.10. The summed E-state index contributed by atoms with van der Waals surface area (Å²) in [6.07, 6.45) is 0. The molecule has 0 aliphatic rings. The number of carbonyl (C=O) groups excluding carboxylic acids is 1. The van der Waals surface area contributed by atoms with Gasteiger partial charge in [0.2, 0.25) is 0 Å². The van der Waals surface area contributed by atoms with Crippen LogP contribution < -0.4 is 4.74 Å². The molecule has 0 aliphatic heterocycles. The molecule has 0 spiro atoms. The standard InChI is InChI=1S/C10H6ClF2NO2/c1-5(15)6-2-3-8(11)9(7(6)4-14)16-10(12)13/h2-3,10H,1H3. The number of hydrogen-bond donors (Lipinski definition) is 0. The van der Waals surface area contributed by atoms with E-state index in [4.69, 9.17) is 16.9 Å². The van der Waals surface area contributed by atoms with Crippen molar-refractivity contribution >= 4 is 17.4 Å². The van der Waals surface area contributed by atoms with Gasteiger partial charge in [-0.2, -0.15) is 14.0 Å². The molecule has 0 aliphatic carbocycles. The van der Waals surface area contributed by atoms with E-state index in [1.165, 1.54) is 19.1 Å². The Kier molecular flexibility index (Phi) is 3.80. The Hall–Kier alpha value is -1.67. The fourth-order valence-corrected chi connectivity index (χ4v) is 1.37. The monoisotopic (exact) mass is 245 g/mol. The Morgan fingerprint density at radius 1 is 1.56 bits per heavy atom. The third-order valence-corrected chi connectivity index (χ3v) is 2.11. The fourth-order valence-electron chi connectivity index (χ4n) is 1.17. The van der Waals surface area contributed by atoms with Crippen molar-refractivity contribution in [1.82, 2.24) is 0 Å². The summed E-state index contributed by atoms with van der Waals surface area (Å²) in [7, 11) is 0. The van der Waals surface area contributed by atoms with Crippen LogP contribution in [0.4, 0.5) is 8.78 Å². The molecule has 0 atom stereocenters. The number of ether oxygens (including phenoxy) is 1. The largest absolute Gasteiger partial charge is 0.432 e. The highest BCUT2D eigenvalue weighted by atomic mass is 35.5. The van der Waals surface area contributed by atoms with Crippen molar-refractivity contribution in [2.75, 3.05) is 0 Å². The molecule has 6 heteroatoms. The Bertz CT molecular complexity index is 469. The zero-order valence-electron chi connectivity index (χ0n) is 8.13. The lowest BCUT2D eigenvalue weighted by molar-refractivity contribution is -0.0500. The lowest BCUT2D eigenvalue weighted by Gasteiger charge is -2.10. The van der Waals surface area contributed by atoms with Crippen LogP contribution in [-0.4, -0.2) is 12.4 Å². The van der Waals surface area contributed by atoms with Crippen LogP contribution in [0.1, 0.15) is 22.8 Å². The minimum absolute atomic E-state index is 0.00236. The normalized spacial score (nSPS) is 10.0. The highest BCUT2D eigenvalue weighted by Crippen LogP contribution is 2.32. The predicted octanol–water partition coefficient (Wildman–Crippen LogP) is 3.02. The average Bonchev–Trinajstić information content (AvgIpc) is 2.19. The van der Waals surface area contributed by atoms with E-state index in [1.54, 1.807) is 6.07 Å². The number of hydrogen-bond acceptors (Lipinski definition) is 3. The summed E-state index contributed by atoms with van der Waals surface area (Å²) >= 11 is 5.61. The number of nitrogens with zero attached hydrogens (tertiary/aromatic N) is 1. The average molecular weight is 246 g/mol. The molecule has 0 N–H and O–H groups in total. The Balaban J connectivity index is 3.40. The quantitative estimate of drug-likeness (QED) is 0.769. The summed E-state index contributed by atoms with van der Waals surface area (Å²) in [5.74, 6) is -0.890. The van der Waals surface area contributed by atoms with Crippen molar-refractivity contribution < 1.29 is 18.3 Å². The fraction of sp³-hybridized carbons (Fsp3) is 0.200. The summed E-state index contributed by atoms with van der Waals surface area (Å²) in [6.45, 7) is -1.89. The van der Waals surface area contributed by atoms with E-state index in [-0.39, 0.29) is 16.1 Å². The number of alkyl halides is 2. The third kappa shape index (κ3) is 2.47. The smallest absolute Gasteiger partial charge is 0.387 e. The van der Waals surface area contributed by atoms with Gasteiger partial charge < -0.3 is 4.74 Å². The SMILES string of the molecule is CC(=O)c1ccc(Cl)c(OC(F)F)c1C#N. The highest BCUT2D eigenvalue weighted by molar-refractivity contribution is 6.32. The Labute approximate surface area is 95.2 Å². The summed E-state index contributed by atoms with van der Waals surface area (Å²) in [4.78, 5) is 11.1. The number of halogens is 3. The minimum Gasteiger partial charge on any atom is -0.432 e. The van der Waals surface area contributed by atoms with Crippen molar-refractivity contribution in [2.45, 2.75) is 13.5 Å². The first-order chi connectivity index (χ1) is 7.47. The molecular formula is C10H6ClF2NO2. The number of rotatable bonds is 3. The van der Waals surface area contributed by atoms with E-state index >= 15 is 0 Å². The molecule has 0 saturated heterocycles. The first-order valence-corrected chi connectivity index (χ1v) is 4.53. The zero-order chi connectivity index (χ0) is 12.3. The van der Waals surface area contributed by atoms with Gasteiger partial charge in [-0.1, -0.05) is 11.6 Å². The summed E-state index contributed by atoms with van der Waals surface area (Å²) in [5.41, 5.74) is -0.275. The maximum Gasteiger partial charge on any atom is 0.387 e. The lowest BCUT2D eigenvalue weighted by atomic mass is 10.0. The van der Waals surface area contributed by atoms with Gasteiger partial charge >= 0.3 is 6.61 Å². The van der Waals surface area contributed by atoms with Gasteiger partial charge in [0.15, 0.2) is 11.5 Å². The second kappa shape index (κ2) is 4.90. The van der Waals surface area contributed by atoms with Crippen molar-refractivity contribution in [1.29, 1.82) is 5.26 Å². The first-order valence-electron chi connectivity index (χ1n) is 4.15. The van der Waals surface area contributed by atoms with Gasteiger partial charge in [-0.25, -0.2) is 0 Å². The van der Waals surface area contributed by atoms with E-state index < -0.39 is 18.1 Å². The molecule has 84 valence electrons. The van der Waals surface area contributed by atoms with Gasteiger partial charge in [0.05, 0.1) is 5.02 Å². The van der Waals surface area contributed by atoms with Crippen LogP contribution in [0.3, 0.4) is 0 Å². The van der Waals surface area contributed by atoms with Crippen LogP contribution in [0.2, 0.25) is 5.02 Å². The molecule has 0 radical (unpaired) electrons. The maximum atomic E-state index is 12.1. The van der Waals surface area contributed by atoms with E-state index in [1.807, 2.05) is 0 Å². The van der Waals surface area contributed by atoms with Crippen LogP contribution in [0.15, 0.2) is 12.1 Å². The molecule has 0 bridgehead atoms. The molecule has 1 aromatic carbocycles. The molecule has 0 aromatic heterocycles. The molecule has 1 aromatic rings. The van der Waals surface area contributed by atoms with Gasteiger partial charge in [0.1, 0.15) is 11.6 Å². The topological polar surface area (TPSA) is 50.1 Å². The first kappa shape index (κ1) is 12.4. The third-order valence-electron chi connectivity index (χ3n) is 1.81. The predicted molar refractivity (Wildman–Crippen MR) is 52.8 cm³/mol. The second-order valence-electron chi connectivity index (χ2n) is 2.85. The number of Topliss-reactive ketones (excluding diaryl/α,β-unsaturated/α-hetero) is 1. The van der Waals surface area contributed by atoms with Crippen molar-refractivity contribution in [3.8, 4) is 11.8 Å². The van der Waals surface area contributed by atoms with Crippen molar-refractivity contribution in [3.05, 3.63) is 28.3 Å². The van der Waals surface area contributed by atoms with Gasteiger partial charge in [0, 0.05) is 5.56 Å². The van der Waals surface area contributed by atoms with Crippen molar-refractivity contribution in [3.63, 3.8) is 0 Å². The molecule has 0 unspecified atom stereocenters. The zero-order valence-corrected chi connectivity index (χ0v) is 8.89. The lowest BCUT2D eigenvalue weighted by Crippen LogP contribution is -2.07. The van der Waals surface area contributed by atoms with E-state index in [0.29, 0.717) is 0 Å². The van der Waals surface area contributed by atoms with E-state index in [2.05, 4.69) is 4.74 Å². The maximum absolute atomic E-state index is 12.1. The highest BCUT2D eigenvalue weighted by Gasteiger charge is 2.19. The summed E-state index contributed by atoms with van der Waals surface area (Å²) in [5, 5.41) is 8.66. The van der Waals surface area contributed by atoms with Gasteiger partial charge in [-0.15, -0.1) is 0 Å². The molecule has 1 rings (SSSR count). The van der Waals surface area contributed by atoms with Crippen LogP contribution in [0.5, 0.6) is 5.75 Å². The van der Waals surface area contributed by atoms with Crippen LogP contribution in [0.25, 0.3) is 0 Å². The number of benzene rings is 1. The van der Waals surface area contributed by atoms with Crippen LogP contribution >= 0.6 is 11.6 Å². The molecule has 3 nitrogen and oxygen atoms in total. The molecular weight excluding hydrogens is 240 g/mol. The van der Waals surface area contributed by atoms with Crippen LogP contribution in [-0.2, 0) is 0 Å². The van der Waals surface area contributed by atoms with Crippen molar-refractivity contribution in [2.24, 2.45) is 0 Å².